The van der Waals surface area contributed by atoms with Gasteiger partial charge in [-0.25, -0.2) is 8.42 Å². The Hall–Kier alpha value is -2.86. The molecule has 0 radical (unpaired) electrons. The summed E-state index contributed by atoms with van der Waals surface area (Å²) in [6.07, 6.45) is 0. The van der Waals surface area contributed by atoms with Crippen LogP contribution in [0.2, 0.25) is 0 Å². The Morgan fingerprint density at radius 2 is 1.24 bits per heavy atom. The van der Waals surface area contributed by atoms with Crippen molar-refractivity contribution in [2.45, 2.75) is 14.7 Å². The minimum atomic E-state index is -4.48. The molecule has 1 aliphatic rings. The highest BCUT2D eigenvalue weighted by molar-refractivity contribution is 7.92. The van der Waals surface area contributed by atoms with Crippen LogP contribution in [0.15, 0.2) is 81.4 Å². The first-order chi connectivity index (χ1) is 13.5. The molecule has 1 N–H and O–H groups in total. The number of hydrogen-bond acceptors (Lipinski definition) is 7. The largest absolute Gasteiger partial charge is 0.425 e. The molecule has 0 bridgehead atoms. The van der Waals surface area contributed by atoms with Crippen molar-refractivity contribution in [2.75, 3.05) is 0 Å². The molecule has 0 atom stereocenters. The molecular weight excluding hydrogens is 440 g/mol. The van der Waals surface area contributed by atoms with E-state index in [0.29, 0.717) is 11.1 Å². The van der Waals surface area contributed by atoms with E-state index >= 15 is 0 Å². The Labute approximate surface area is 168 Å². The SMILES string of the molecule is O=S(=O)(O)c1ccc2c(c1)S(=O)(=O)c1cc(-c3ccccc3)ccc1-2.O=S(=O)=O. The maximum absolute atomic E-state index is 12.9. The lowest BCUT2D eigenvalue weighted by atomic mass is 10.0. The van der Waals surface area contributed by atoms with Crippen LogP contribution in [0.25, 0.3) is 22.3 Å². The third-order valence-corrected chi connectivity index (χ3v) is 6.89. The zero-order valence-electron chi connectivity index (χ0n) is 14.4. The summed E-state index contributed by atoms with van der Waals surface area (Å²) in [5.41, 5.74) is 2.60. The van der Waals surface area contributed by atoms with E-state index in [0.717, 1.165) is 17.2 Å². The van der Waals surface area contributed by atoms with Gasteiger partial charge in [-0.15, -0.1) is 12.6 Å². The highest BCUT2D eigenvalue weighted by Gasteiger charge is 2.34. The number of benzene rings is 3. The van der Waals surface area contributed by atoms with Gasteiger partial charge in [-0.1, -0.05) is 48.5 Å². The molecule has 8 nitrogen and oxygen atoms in total. The highest BCUT2D eigenvalue weighted by Crippen LogP contribution is 2.45. The van der Waals surface area contributed by atoms with E-state index in [-0.39, 0.29) is 9.79 Å². The van der Waals surface area contributed by atoms with E-state index in [1.165, 1.54) is 12.1 Å². The highest BCUT2D eigenvalue weighted by atomic mass is 32.2. The smallest absolute Gasteiger partial charge is 0.282 e. The molecule has 0 fully saturated rings. The fourth-order valence-electron chi connectivity index (χ4n) is 3.00. The summed E-state index contributed by atoms with van der Waals surface area (Å²) in [6, 6.07) is 18.1. The van der Waals surface area contributed by atoms with Crippen LogP contribution in [0, 0.1) is 0 Å². The molecule has 150 valence electrons. The average molecular weight is 452 g/mol. The van der Waals surface area contributed by atoms with Gasteiger partial charge in [0.05, 0.1) is 14.7 Å². The van der Waals surface area contributed by atoms with E-state index in [4.69, 9.17) is 12.6 Å². The first-order valence-corrected chi connectivity index (χ1v) is 11.8. The van der Waals surface area contributed by atoms with Crippen molar-refractivity contribution in [3.8, 4) is 22.3 Å². The second-order valence-electron chi connectivity index (χ2n) is 5.92. The normalized spacial score (nSPS) is 13.6. The number of rotatable bonds is 2. The Balaban J connectivity index is 0.000000552. The molecule has 11 heteroatoms. The molecule has 29 heavy (non-hydrogen) atoms. The second kappa shape index (κ2) is 7.52. The number of hydrogen-bond donors (Lipinski definition) is 1. The summed E-state index contributed by atoms with van der Waals surface area (Å²) in [4.78, 5) is -0.412. The molecule has 1 aliphatic heterocycles. The Bertz CT molecular complexity index is 1420. The van der Waals surface area contributed by atoms with Crippen LogP contribution < -0.4 is 0 Å². The van der Waals surface area contributed by atoms with E-state index < -0.39 is 35.5 Å². The Kier molecular flexibility index (Phi) is 5.41. The van der Waals surface area contributed by atoms with Crippen LogP contribution >= 0.6 is 0 Å². The number of sulfone groups is 1. The van der Waals surface area contributed by atoms with Gasteiger partial charge in [0.2, 0.25) is 9.84 Å². The molecule has 1 heterocycles. The molecular formula is C18H12O8S3. The van der Waals surface area contributed by atoms with Gasteiger partial charge in [0.15, 0.2) is 0 Å². The molecule has 3 aromatic rings. The van der Waals surface area contributed by atoms with E-state index in [1.807, 2.05) is 36.4 Å². The maximum Gasteiger partial charge on any atom is 0.425 e. The van der Waals surface area contributed by atoms with Gasteiger partial charge in [0.1, 0.15) is 0 Å². The predicted octanol–water partition coefficient (Wildman–Crippen LogP) is 2.41. The Morgan fingerprint density at radius 3 is 1.79 bits per heavy atom. The monoisotopic (exact) mass is 452 g/mol. The van der Waals surface area contributed by atoms with E-state index in [1.54, 1.807) is 12.1 Å². The quantitative estimate of drug-likeness (QED) is 0.457. The summed E-state index contributed by atoms with van der Waals surface area (Å²) in [7, 11) is -11.4. The fourth-order valence-corrected chi connectivity index (χ4v) is 5.32. The zero-order chi connectivity index (χ0) is 21.4. The van der Waals surface area contributed by atoms with Crippen LogP contribution in [-0.4, -0.2) is 34.0 Å². The van der Waals surface area contributed by atoms with Crippen molar-refractivity contribution in [3.05, 3.63) is 66.7 Å². The fraction of sp³-hybridized carbons (Fsp3) is 0. The van der Waals surface area contributed by atoms with Crippen molar-refractivity contribution in [1.82, 2.24) is 0 Å². The molecule has 0 aromatic heterocycles. The minimum absolute atomic E-state index is 0.108. The molecule has 0 spiro atoms. The zero-order valence-corrected chi connectivity index (χ0v) is 16.8. The van der Waals surface area contributed by atoms with Crippen molar-refractivity contribution in [2.24, 2.45) is 0 Å². The first-order valence-electron chi connectivity index (χ1n) is 7.85. The Morgan fingerprint density at radius 1 is 0.724 bits per heavy atom. The predicted molar refractivity (Wildman–Crippen MR) is 102 cm³/mol. The topological polar surface area (TPSA) is 140 Å². The first kappa shape index (κ1) is 20.9. The lowest BCUT2D eigenvalue weighted by Crippen LogP contribution is -2.01. The van der Waals surface area contributed by atoms with Gasteiger partial charge >= 0.3 is 10.6 Å². The lowest BCUT2D eigenvalue weighted by Gasteiger charge is -2.05. The standard InChI is InChI=1S/C18H12O5S2.O3S/c19-24(20)17-10-13(12-4-2-1-3-5-12)6-8-15(17)16-9-7-14(11-18(16)24)25(21,22)23;1-4(2)3/h1-11H,(H,21,22,23);. The van der Waals surface area contributed by atoms with Crippen molar-refractivity contribution in [3.63, 3.8) is 0 Å². The second-order valence-corrected chi connectivity index (χ2v) is 9.63. The molecule has 0 saturated heterocycles. The molecule has 0 amide bonds. The van der Waals surface area contributed by atoms with Gasteiger partial charge in [0, 0.05) is 11.1 Å². The lowest BCUT2D eigenvalue weighted by molar-refractivity contribution is 0.483. The summed E-state index contributed by atoms with van der Waals surface area (Å²) < 4.78 is 82.9. The maximum atomic E-state index is 12.9. The van der Waals surface area contributed by atoms with E-state index in [9.17, 15) is 21.4 Å². The molecule has 0 aliphatic carbocycles. The molecule has 3 aromatic carbocycles. The third-order valence-electron chi connectivity index (χ3n) is 4.21. The summed E-state index contributed by atoms with van der Waals surface area (Å²) in [6.45, 7) is 0. The molecule has 4 rings (SSSR count). The van der Waals surface area contributed by atoms with Gasteiger partial charge in [-0.3, -0.25) is 4.55 Å². The van der Waals surface area contributed by atoms with Crippen LogP contribution in [0.4, 0.5) is 0 Å². The molecule has 0 saturated carbocycles. The average Bonchev–Trinajstić information content (AvgIpc) is 2.88. The van der Waals surface area contributed by atoms with E-state index in [2.05, 4.69) is 0 Å². The van der Waals surface area contributed by atoms with Crippen LogP contribution in [0.1, 0.15) is 0 Å². The van der Waals surface area contributed by atoms with Crippen LogP contribution in [0.3, 0.4) is 0 Å². The van der Waals surface area contributed by atoms with Gasteiger partial charge in [-0.05, 0) is 29.3 Å². The summed E-state index contributed by atoms with van der Waals surface area (Å²) in [5.74, 6) is 0. The van der Waals surface area contributed by atoms with Gasteiger partial charge in [0.25, 0.3) is 10.1 Å². The summed E-state index contributed by atoms with van der Waals surface area (Å²) in [5, 5.41) is 0. The number of fused-ring (bicyclic) bond motifs is 3. The van der Waals surface area contributed by atoms with Crippen molar-refractivity contribution in [1.29, 1.82) is 0 Å². The third kappa shape index (κ3) is 4.12. The van der Waals surface area contributed by atoms with Crippen LogP contribution in [0.5, 0.6) is 0 Å². The minimum Gasteiger partial charge on any atom is -0.282 e. The van der Waals surface area contributed by atoms with Crippen molar-refractivity contribution < 1.29 is 34.0 Å². The van der Waals surface area contributed by atoms with Crippen molar-refractivity contribution >= 4 is 30.6 Å². The molecule has 0 unspecified atom stereocenters. The van der Waals surface area contributed by atoms with Gasteiger partial charge < -0.3 is 0 Å². The van der Waals surface area contributed by atoms with Crippen LogP contribution in [-0.2, 0) is 30.6 Å². The van der Waals surface area contributed by atoms with Gasteiger partial charge in [-0.2, -0.15) is 8.42 Å². The summed E-state index contributed by atoms with van der Waals surface area (Å²) >= 11 is 0.